The number of nitrogens with one attached hydrogen (secondary N) is 2. The van der Waals surface area contributed by atoms with Crippen molar-refractivity contribution < 1.29 is 14.3 Å². The van der Waals surface area contributed by atoms with Crippen molar-refractivity contribution in [2.45, 2.75) is 23.1 Å². The van der Waals surface area contributed by atoms with Crippen molar-refractivity contribution in [2.24, 2.45) is 0 Å². The second kappa shape index (κ2) is 7.05. The number of aromatic nitrogens is 2. The number of thioether (sulfide) groups is 1. The molecule has 2 aromatic rings. The van der Waals surface area contributed by atoms with Gasteiger partial charge in [-0.3, -0.25) is 4.79 Å². The maximum Gasteiger partial charge on any atom is 0.233 e. The van der Waals surface area contributed by atoms with Gasteiger partial charge in [-0.2, -0.15) is 0 Å². The van der Waals surface area contributed by atoms with Gasteiger partial charge >= 0.3 is 0 Å². The molecule has 7 nitrogen and oxygen atoms in total. The molecular weight excluding hydrogens is 336 g/mol. The summed E-state index contributed by atoms with van der Waals surface area (Å²) in [7, 11) is 1.79. The molecule has 0 spiro atoms. The lowest BCUT2D eigenvalue weighted by atomic mass is 10.2. The molecule has 1 aromatic heterocycles. The van der Waals surface area contributed by atoms with Crippen LogP contribution < -0.4 is 20.1 Å². The first-order chi connectivity index (χ1) is 11.2. The summed E-state index contributed by atoms with van der Waals surface area (Å²) >= 11 is 2.82. The molecular formula is C14H16N4O3S2. The Morgan fingerprint density at radius 1 is 1.39 bits per heavy atom. The van der Waals surface area contributed by atoms with Crippen LogP contribution in [0.15, 0.2) is 22.5 Å². The Bertz CT molecular complexity index is 707. The molecule has 0 bridgehead atoms. The fourth-order valence-electron chi connectivity index (χ4n) is 1.95. The van der Waals surface area contributed by atoms with E-state index in [1.54, 1.807) is 7.05 Å². The summed E-state index contributed by atoms with van der Waals surface area (Å²) in [5, 5.41) is 14.3. The molecule has 0 saturated carbocycles. The van der Waals surface area contributed by atoms with Crippen LogP contribution >= 0.6 is 23.1 Å². The van der Waals surface area contributed by atoms with Gasteiger partial charge in [0.2, 0.25) is 17.8 Å². The van der Waals surface area contributed by atoms with Crippen LogP contribution in [-0.2, 0) is 11.3 Å². The second-order valence-corrected chi connectivity index (χ2v) is 7.35. The molecule has 2 heterocycles. The molecule has 9 heteroatoms. The van der Waals surface area contributed by atoms with E-state index in [4.69, 9.17) is 9.47 Å². The van der Waals surface area contributed by atoms with Gasteiger partial charge in [0.1, 0.15) is 0 Å². The monoisotopic (exact) mass is 352 g/mol. The summed E-state index contributed by atoms with van der Waals surface area (Å²) in [4.78, 5) is 12.2. The van der Waals surface area contributed by atoms with Crippen LogP contribution in [0, 0.1) is 0 Å². The Morgan fingerprint density at radius 3 is 3.00 bits per heavy atom. The molecule has 1 aliphatic rings. The summed E-state index contributed by atoms with van der Waals surface area (Å²) in [5.41, 5.74) is 0.966. The third kappa shape index (κ3) is 3.85. The molecule has 2 N–H and O–H groups in total. The van der Waals surface area contributed by atoms with Crippen molar-refractivity contribution in [1.82, 2.24) is 15.5 Å². The highest BCUT2D eigenvalue weighted by Crippen LogP contribution is 2.32. The predicted molar refractivity (Wildman–Crippen MR) is 89.2 cm³/mol. The van der Waals surface area contributed by atoms with E-state index in [1.165, 1.54) is 23.1 Å². The highest BCUT2D eigenvalue weighted by molar-refractivity contribution is 8.02. The molecule has 0 saturated heterocycles. The maximum absolute atomic E-state index is 12.2. The highest BCUT2D eigenvalue weighted by atomic mass is 32.2. The largest absolute Gasteiger partial charge is 0.454 e. The minimum absolute atomic E-state index is 0.0473. The van der Waals surface area contributed by atoms with E-state index < -0.39 is 0 Å². The number of fused-ring (bicyclic) bond motifs is 1. The first-order valence-electron chi connectivity index (χ1n) is 7.00. The van der Waals surface area contributed by atoms with Crippen LogP contribution in [0.2, 0.25) is 0 Å². The van der Waals surface area contributed by atoms with E-state index in [2.05, 4.69) is 20.8 Å². The first kappa shape index (κ1) is 15.9. The number of rotatable bonds is 6. The van der Waals surface area contributed by atoms with Crippen molar-refractivity contribution in [3.05, 3.63) is 23.8 Å². The van der Waals surface area contributed by atoms with E-state index in [0.717, 1.165) is 20.8 Å². The second-order valence-electron chi connectivity index (χ2n) is 4.79. The van der Waals surface area contributed by atoms with Crippen molar-refractivity contribution in [2.75, 3.05) is 19.2 Å². The highest BCUT2D eigenvalue weighted by Gasteiger charge is 2.18. The normalized spacial score (nSPS) is 13.7. The number of benzene rings is 1. The minimum atomic E-state index is -0.248. The molecule has 1 aromatic carbocycles. The average molecular weight is 352 g/mol. The van der Waals surface area contributed by atoms with Gasteiger partial charge in [-0.05, 0) is 24.6 Å². The van der Waals surface area contributed by atoms with Gasteiger partial charge in [-0.15, -0.1) is 10.2 Å². The Balaban J connectivity index is 1.52. The van der Waals surface area contributed by atoms with E-state index in [0.29, 0.717) is 12.3 Å². The zero-order chi connectivity index (χ0) is 16.2. The molecule has 3 rings (SSSR count). The van der Waals surface area contributed by atoms with Crippen molar-refractivity contribution in [3.8, 4) is 11.5 Å². The number of hydrogen-bond donors (Lipinski definition) is 2. The number of amides is 1. The van der Waals surface area contributed by atoms with Gasteiger partial charge in [0, 0.05) is 13.6 Å². The first-order valence-corrected chi connectivity index (χ1v) is 8.69. The minimum Gasteiger partial charge on any atom is -0.454 e. The van der Waals surface area contributed by atoms with Crippen molar-refractivity contribution in [3.63, 3.8) is 0 Å². The van der Waals surface area contributed by atoms with Crippen LogP contribution in [0.25, 0.3) is 0 Å². The van der Waals surface area contributed by atoms with Crippen LogP contribution in [0.5, 0.6) is 11.5 Å². The molecule has 1 atom stereocenters. The van der Waals surface area contributed by atoms with Crippen LogP contribution in [-0.4, -0.2) is 35.2 Å². The quantitative estimate of drug-likeness (QED) is 0.770. The van der Waals surface area contributed by atoms with Gasteiger partial charge < -0.3 is 20.1 Å². The fraction of sp³-hybridized carbons (Fsp3) is 0.357. The van der Waals surface area contributed by atoms with E-state index >= 15 is 0 Å². The third-order valence-electron chi connectivity index (χ3n) is 3.17. The Hall–Kier alpha value is -2.00. The summed E-state index contributed by atoms with van der Waals surface area (Å²) in [5.74, 6) is 1.40. The van der Waals surface area contributed by atoms with Crippen molar-refractivity contribution in [1.29, 1.82) is 0 Å². The summed E-state index contributed by atoms with van der Waals surface area (Å²) in [6.07, 6.45) is 0. The number of carbonyl (C=O) groups excluding carboxylic acids is 1. The number of carbonyl (C=O) groups is 1. The van der Waals surface area contributed by atoms with Crippen LogP contribution in [0.4, 0.5) is 5.13 Å². The fourth-order valence-corrected chi connectivity index (χ4v) is 3.82. The zero-order valence-electron chi connectivity index (χ0n) is 12.7. The SMILES string of the molecule is CNc1nnc(SC(C)C(=O)NCc2ccc3c(c2)OCO3)s1. The van der Waals surface area contributed by atoms with Gasteiger partial charge in [0.05, 0.1) is 5.25 Å². The van der Waals surface area contributed by atoms with E-state index in [-0.39, 0.29) is 18.0 Å². The van der Waals surface area contributed by atoms with Gasteiger partial charge in [-0.25, -0.2) is 0 Å². The Labute approximate surface area is 141 Å². The Morgan fingerprint density at radius 2 is 2.22 bits per heavy atom. The molecule has 1 amide bonds. The third-order valence-corrected chi connectivity index (χ3v) is 5.30. The molecule has 1 unspecified atom stereocenters. The van der Waals surface area contributed by atoms with Crippen LogP contribution in [0.3, 0.4) is 0 Å². The number of nitrogens with zero attached hydrogens (tertiary/aromatic N) is 2. The smallest absolute Gasteiger partial charge is 0.233 e. The lowest BCUT2D eigenvalue weighted by molar-refractivity contribution is -0.120. The van der Waals surface area contributed by atoms with Gasteiger partial charge in [0.25, 0.3) is 0 Å². The summed E-state index contributed by atoms with van der Waals surface area (Å²) < 4.78 is 11.4. The molecule has 0 aliphatic carbocycles. The number of hydrogen-bond acceptors (Lipinski definition) is 8. The van der Waals surface area contributed by atoms with E-state index in [9.17, 15) is 4.79 Å². The molecule has 122 valence electrons. The average Bonchev–Trinajstić information content (AvgIpc) is 3.20. The van der Waals surface area contributed by atoms with Gasteiger partial charge in [-0.1, -0.05) is 29.2 Å². The van der Waals surface area contributed by atoms with Crippen molar-refractivity contribution >= 4 is 34.1 Å². The summed E-state index contributed by atoms with van der Waals surface area (Å²) in [6.45, 7) is 2.54. The van der Waals surface area contributed by atoms with Crippen LogP contribution in [0.1, 0.15) is 12.5 Å². The zero-order valence-corrected chi connectivity index (χ0v) is 14.3. The number of ether oxygens (including phenoxy) is 2. The summed E-state index contributed by atoms with van der Waals surface area (Å²) in [6, 6.07) is 5.64. The maximum atomic E-state index is 12.2. The number of anilines is 1. The van der Waals surface area contributed by atoms with Gasteiger partial charge in [0.15, 0.2) is 15.8 Å². The lowest BCUT2D eigenvalue weighted by Crippen LogP contribution is -2.30. The lowest BCUT2D eigenvalue weighted by Gasteiger charge is -2.10. The predicted octanol–water partition coefficient (Wildman–Crippen LogP) is 2.11. The standard InChI is InChI=1S/C14H16N4O3S2/c1-8(22-14-18-17-13(15-2)23-14)12(19)16-6-9-3-4-10-11(5-9)21-7-20-10/h3-5,8H,6-7H2,1-2H3,(H,15,17)(H,16,19). The molecule has 0 fully saturated rings. The topological polar surface area (TPSA) is 85.4 Å². The van der Waals surface area contributed by atoms with E-state index in [1.807, 2.05) is 25.1 Å². The molecule has 1 aliphatic heterocycles. The molecule has 23 heavy (non-hydrogen) atoms. The molecule has 0 radical (unpaired) electrons. The Kier molecular flexibility index (Phi) is 4.87.